The molecule has 4 aromatic rings. The van der Waals surface area contributed by atoms with E-state index in [4.69, 9.17) is 27.9 Å². The highest BCUT2D eigenvalue weighted by Crippen LogP contribution is 2.31. The Bertz CT molecular complexity index is 1720. The molecule has 0 unspecified atom stereocenters. The van der Waals surface area contributed by atoms with Crippen molar-refractivity contribution in [1.29, 1.82) is 5.26 Å². The molecule has 3 aromatic carbocycles. The lowest BCUT2D eigenvalue weighted by Crippen LogP contribution is -2.31. The molecule has 4 rings (SSSR count). The van der Waals surface area contributed by atoms with Gasteiger partial charge in [0.25, 0.3) is 15.9 Å². The zero-order chi connectivity index (χ0) is 27.4. The Morgan fingerprint density at radius 1 is 1.11 bits per heavy atom. The maximum Gasteiger partial charge on any atom is 0.275 e. The third kappa shape index (κ3) is 5.70. The Hall–Kier alpha value is -4.17. The number of carbonyl (C=O) groups is 1. The third-order valence-corrected chi connectivity index (χ3v) is 7.23. The predicted octanol–water partition coefficient (Wildman–Crippen LogP) is 5.41. The molecular weight excluding hydrogens is 554 g/mol. The first-order valence-electron chi connectivity index (χ1n) is 10.8. The van der Waals surface area contributed by atoms with Crippen LogP contribution in [0.3, 0.4) is 0 Å². The fourth-order valence-electron chi connectivity index (χ4n) is 3.43. The van der Waals surface area contributed by atoms with E-state index in [0.717, 1.165) is 12.1 Å². The maximum absolute atomic E-state index is 14.3. The highest BCUT2D eigenvalue weighted by molar-refractivity contribution is 7.90. The van der Waals surface area contributed by atoms with E-state index in [1.807, 2.05) is 4.72 Å². The minimum atomic E-state index is -4.23. The van der Waals surface area contributed by atoms with Gasteiger partial charge in [0.1, 0.15) is 28.9 Å². The number of ether oxygens (including phenoxy) is 1. The number of nitrogens with one attached hydrogen (secondary N) is 1. The predicted molar refractivity (Wildman–Crippen MR) is 141 cm³/mol. The van der Waals surface area contributed by atoms with Crippen LogP contribution in [-0.4, -0.2) is 31.2 Å². The highest BCUT2D eigenvalue weighted by atomic mass is 35.5. The number of benzene rings is 3. The molecule has 0 aliphatic rings. The van der Waals surface area contributed by atoms with Crippen molar-refractivity contribution < 1.29 is 22.3 Å². The summed E-state index contributed by atoms with van der Waals surface area (Å²) >= 11 is 12.1. The number of nitriles is 1. The summed E-state index contributed by atoms with van der Waals surface area (Å²) in [4.78, 5) is 12.6. The number of amides is 1. The van der Waals surface area contributed by atoms with Crippen molar-refractivity contribution in [3.05, 3.63) is 99.9 Å². The van der Waals surface area contributed by atoms with Crippen molar-refractivity contribution in [1.82, 2.24) is 14.5 Å². The zero-order valence-electron chi connectivity index (χ0n) is 19.5. The van der Waals surface area contributed by atoms with Crippen LogP contribution in [0.1, 0.15) is 5.56 Å². The molecule has 0 atom stereocenters. The Kier molecular flexibility index (Phi) is 7.83. The molecular formula is C26H17Cl2FN4O4S. The first-order chi connectivity index (χ1) is 18.1. The number of hydrogen-bond donors (Lipinski definition) is 1. The average Bonchev–Trinajstić information content (AvgIpc) is 3.33. The van der Waals surface area contributed by atoms with Crippen LogP contribution in [-0.2, 0) is 14.8 Å². The molecule has 12 heteroatoms. The number of aromatic nitrogens is 2. The molecule has 0 spiro atoms. The standard InChI is InChI=1S/C26H17Cl2FN4O4S/c1-37-24-10-8-19(13-22(24)28)33-15-18(25(31-33)16-7-9-21(27)23(29)12-16)11-17(14-30)26(34)32-38(35,36)20-5-3-2-4-6-20/h2-13,15H,1H3,(H,32,34). The number of sulfonamides is 1. The lowest BCUT2D eigenvalue weighted by molar-refractivity contribution is -0.115. The summed E-state index contributed by atoms with van der Waals surface area (Å²) in [6.45, 7) is 0. The molecule has 0 bridgehead atoms. The van der Waals surface area contributed by atoms with E-state index in [1.165, 1.54) is 54.4 Å². The van der Waals surface area contributed by atoms with Gasteiger partial charge in [-0.3, -0.25) is 4.79 Å². The van der Waals surface area contributed by atoms with Gasteiger partial charge in [-0.1, -0.05) is 47.5 Å². The van der Waals surface area contributed by atoms with Crippen LogP contribution >= 0.6 is 23.2 Å². The largest absolute Gasteiger partial charge is 0.495 e. The highest BCUT2D eigenvalue weighted by Gasteiger charge is 2.22. The summed E-state index contributed by atoms with van der Waals surface area (Å²) in [6, 6.07) is 17.8. The van der Waals surface area contributed by atoms with Gasteiger partial charge < -0.3 is 4.74 Å². The summed E-state index contributed by atoms with van der Waals surface area (Å²) in [5.74, 6) is -1.41. The van der Waals surface area contributed by atoms with Crippen LogP contribution < -0.4 is 9.46 Å². The molecule has 0 saturated carbocycles. The van der Waals surface area contributed by atoms with Crippen molar-refractivity contribution in [2.75, 3.05) is 7.11 Å². The minimum absolute atomic E-state index is 0.101. The average molecular weight is 571 g/mol. The topological polar surface area (TPSA) is 114 Å². The van der Waals surface area contributed by atoms with E-state index in [0.29, 0.717) is 22.0 Å². The van der Waals surface area contributed by atoms with Gasteiger partial charge in [-0.25, -0.2) is 22.2 Å². The van der Waals surface area contributed by atoms with Crippen LogP contribution in [0.5, 0.6) is 5.75 Å². The van der Waals surface area contributed by atoms with Crippen molar-refractivity contribution in [2.24, 2.45) is 0 Å². The third-order valence-electron chi connectivity index (χ3n) is 5.28. The van der Waals surface area contributed by atoms with Gasteiger partial charge in [0.15, 0.2) is 0 Å². The molecule has 0 radical (unpaired) electrons. The second-order valence-corrected chi connectivity index (χ2v) is 10.2. The van der Waals surface area contributed by atoms with Crippen LogP contribution in [0.4, 0.5) is 4.39 Å². The van der Waals surface area contributed by atoms with Gasteiger partial charge in [0, 0.05) is 17.3 Å². The van der Waals surface area contributed by atoms with E-state index < -0.39 is 27.3 Å². The summed E-state index contributed by atoms with van der Waals surface area (Å²) in [5.41, 5.74) is 0.695. The number of nitrogens with zero attached hydrogens (tertiary/aromatic N) is 3. The van der Waals surface area contributed by atoms with E-state index in [2.05, 4.69) is 5.10 Å². The fraction of sp³-hybridized carbons (Fsp3) is 0.0385. The zero-order valence-corrected chi connectivity index (χ0v) is 21.9. The molecule has 1 N–H and O–H groups in total. The SMILES string of the molecule is COc1ccc(-n2cc(C=C(C#N)C(=O)NS(=O)(=O)c3ccccc3)c(-c3ccc(Cl)c(F)c3)n2)cc1Cl. The molecule has 0 saturated heterocycles. The Balaban J connectivity index is 1.79. The summed E-state index contributed by atoms with van der Waals surface area (Å²) in [6.07, 6.45) is 2.64. The molecule has 1 heterocycles. The van der Waals surface area contributed by atoms with Gasteiger partial charge in [-0.15, -0.1) is 0 Å². The molecule has 0 aliphatic heterocycles. The monoisotopic (exact) mass is 570 g/mol. The lowest BCUT2D eigenvalue weighted by Gasteiger charge is -2.06. The number of halogens is 3. The molecule has 192 valence electrons. The van der Waals surface area contributed by atoms with Crippen LogP contribution in [0.15, 0.2) is 83.4 Å². The lowest BCUT2D eigenvalue weighted by atomic mass is 10.1. The van der Waals surface area contributed by atoms with Crippen LogP contribution in [0, 0.1) is 17.1 Å². The van der Waals surface area contributed by atoms with Gasteiger partial charge in [-0.05, 0) is 48.5 Å². The van der Waals surface area contributed by atoms with Crippen molar-refractivity contribution in [2.45, 2.75) is 4.90 Å². The Labute approximate surface area is 227 Å². The summed E-state index contributed by atoms with van der Waals surface area (Å²) in [7, 11) is -2.76. The second-order valence-electron chi connectivity index (χ2n) is 7.74. The van der Waals surface area contributed by atoms with Gasteiger partial charge in [0.05, 0.1) is 27.7 Å². The van der Waals surface area contributed by atoms with Gasteiger partial charge in [0.2, 0.25) is 0 Å². The number of rotatable bonds is 7. The van der Waals surface area contributed by atoms with Crippen molar-refractivity contribution in [3.8, 4) is 28.8 Å². The maximum atomic E-state index is 14.3. The van der Waals surface area contributed by atoms with E-state index in [1.54, 1.807) is 30.3 Å². The molecule has 0 fully saturated rings. The van der Waals surface area contributed by atoms with Crippen LogP contribution in [0.2, 0.25) is 10.0 Å². The number of methoxy groups -OCH3 is 1. The van der Waals surface area contributed by atoms with E-state index in [9.17, 15) is 22.9 Å². The number of hydrogen-bond acceptors (Lipinski definition) is 6. The van der Waals surface area contributed by atoms with Gasteiger partial charge >= 0.3 is 0 Å². The second kappa shape index (κ2) is 11.1. The Morgan fingerprint density at radius 2 is 1.84 bits per heavy atom. The normalized spacial score (nSPS) is 11.6. The molecule has 1 amide bonds. The minimum Gasteiger partial charge on any atom is -0.495 e. The summed E-state index contributed by atoms with van der Waals surface area (Å²) in [5, 5.41) is 14.4. The quantitative estimate of drug-likeness (QED) is 0.235. The molecule has 0 aliphatic carbocycles. The molecule has 8 nitrogen and oxygen atoms in total. The first kappa shape index (κ1) is 26.9. The van der Waals surface area contributed by atoms with Crippen molar-refractivity contribution in [3.63, 3.8) is 0 Å². The smallest absolute Gasteiger partial charge is 0.275 e. The van der Waals surface area contributed by atoms with E-state index in [-0.39, 0.29) is 21.2 Å². The molecule has 1 aromatic heterocycles. The number of carbonyl (C=O) groups excluding carboxylic acids is 1. The van der Waals surface area contributed by atoms with Gasteiger partial charge in [-0.2, -0.15) is 10.4 Å². The van der Waals surface area contributed by atoms with Crippen LogP contribution in [0.25, 0.3) is 23.0 Å². The van der Waals surface area contributed by atoms with Crippen molar-refractivity contribution >= 4 is 45.2 Å². The van der Waals surface area contributed by atoms with E-state index >= 15 is 0 Å². The molecule has 38 heavy (non-hydrogen) atoms. The first-order valence-corrected chi connectivity index (χ1v) is 13.0. The fourth-order valence-corrected chi connectivity index (χ4v) is 4.79. The Morgan fingerprint density at radius 3 is 2.47 bits per heavy atom. The summed E-state index contributed by atoms with van der Waals surface area (Å²) < 4.78 is 47.9.